The molecule has 0 aliphatic heterocycles. The van der Waals surface area contributed by atoms with Gasteiger partial charge in [-0.3, -0.25) is 4.79 Å². The minimum Gasteiger partial charge on any atom is -0.480 e. The van der Waals surface area contributed by atoms with Gasteiger partial charge in [-0.25, -0.2) is 0 Å². The predicted octanol–water partition coefficient (Wildman–Crippen LogP) is 2.34. The summed E-state index contributed by atoms with van der Waals surface area (Å²) in [4.78, 5) is 10.9. The number of carboxylic acids is 1. The largest absolute Gasteiger partial charge is 0.480 e. The van der Waals surface area contributed by atoms with E-state index in [0.29, 0.717) is 5.56 Å². The smallest absolute Gasteiger partial charge is 0.325 e. The molecule has 3 rings (SSSR count). The second-order valence-corrected chi connectivity index (χ2v) is 4.57. The molecule has 2 aromatic carbocycles. The first-order valence-electron chi connectivity index (χ1n) is 5.86. The molecule has 1 atom stereocenters. The van der Waals surface area contributed by atoms with Crippen LogP contribution in [-0.2, 0) is 11.2 Å². The summed E-state index contributed by atoms with van der Waals surface area (Å²) in [5.41, 5.74) is 11.2. The predicted molar refractivity (Wildman–Crippen MR) is 69.2 cm³/mol. The molecular formula is C15H13NO2. The van der Waals surface area contributed by atoms with Crippen LogP contribution < -0.4 is 5.73 Å². The van der Waals surface area contributed by atoms with Crippen LogP contribution in [0.5, 0.6) is 0 Å². The Morgan fingerprint density at radius 3 is 2.61 bits per heavy atom. The Labute approximate surface area is 105 Å². The van der Waals surface area contributed by atoms with E-state index in [1.807, 2.05) is 24.3 Å². The van der Waals surface area contributed by atoms with Gasteiger partial charge in [-0.15, -0.1) is 0 Å². The average molecular weight is 239 g/mol. The number of fused-ring (bicyclic) bond motifs is 3. The first-order valence-corrected chi connectivity index (χ1v) is 5.86. The van der Waals surface area contributed by atoms with Crippen LogP contribution in [0.3, 0.4) is 0 Å². The Morgan fingerprint density at radius 1 is 1.11 bits per heavy atom. The van der Waals surface area contributed by atoms with E-state index in [2.05, 4.69) is 12.1 Å². The zero-order valence-electron chi connectivity index (χ0n) is 9.76. The van der Waals surface area contributed by atoms with Gasteiger partial charge in [0.15, 0.2) is 0 Å². The van der Waals surface area contributed by atoms with E-state index in [-0.39, 0.29) is 0 Å². The summed E-state index contributed by atoms with van der Waals surface area (Å²) in [5.74, 6) is -0.995. The third kappa shape index (κ3) is 1.60. The van der Waals surface area contributed by atoms with Crippen molar-refractivity contribution in [3.05, 3.63) is 59.2 Å². The van der Waals surface area contributed by atoms with Crippen molar-refractivity contribution in [2.45, 2.75) is 12.5 Å². The van der Waals surface area contributed by atoms with Crippen molar-refractivity contribution in [1.29, 1.82) is 0 Å². The van der Waals surface area contributed by atoms with Crippen LogP contribution in [0.4, 0.5) is 0 Å². The van der Waals surface area contributed by atoms with Crippen molar-refractivity contribution < 1.29 is 9.90 Å². The number of rotatable bonds is 2. The topological polar surface area (TPSA) is 63.3 Å². The van der Waals surface area contributed by atoms with E-state index in [0.717, 1.165) is 12.0 Å². The van der Waals surface area contributed by atoms with Crippen molar-refractivity contribution in [2.75, 3.05) is 0 Å². The Balaban J connectivity index is 2.06. The molecule has 0 heterocycles. The number of benzene rings is 2. The standard InChI is InChI=1S/C15H13NO2/c16-14(15(17)18)10-5-6-13-11(8-10)7-9-3-1-2-4-12(9)13/h1-6,8,14H,7,16H2,(H,17,18). The fourth-order valence-corrected chi connectivity index (χ4v) is 2.50. The van der Waals surface area contributed by atoms with Crippen molar-refractivity contribution in [1.82, 2.24) is 0 Å². The lowest BCUT2D eigenvalue weighted by Crippen LogP contribution is -2.20. The zero-order valence-corrected chi connectivity index (χ0v) is 9.76. The molecule has 1 aliphatic carbocycles. The second kappa shape index (κ2) is 3.96. The number of hydrogen-bond acceptors (Lipinski definition) is 2. The molecule has 90 valence electrons. The van der Waals surface area contributed by atoms with Crippen LogP contribution in [0.2, 0.25) is 0 Å². The number of carbonyl (C=O) groups is 1. The quantitative estimate of drug-likeness (QED) is 0.721. The SMILES string of the molecule is NC(C(=O)O)c1ccc2c(c1)Cc1ccccc1-2. The van der Waals surface area contributed by atoms with Gasteiger partial charge in [-0.05, 0) is 34.2 Å². The van der Waals surface area contributed by atoms with Gasteiger partial charge in [0, 0.05) is 0 Å². The fraction of sp³-hybridized carbons (Fsp3) is 0.133. The van der Waals surface area contributed by atoms with Crippen molar-refractivity contribution in [3.8, 4) is 11.1 Å². The third-order valence-corrected chi connectivity index (χ3v) is 3.44. The molecule has 0 saturated heterocycles. The summed E-state index contributed by atoms with van der Waals surface area (Å²) >= 11 is 0. The van der Waals surface area contributed by atoms with Crippen LogP contribution >= 0.6 is 0 Å². The summed E-state index contributed by atoms with van der Waals surface area (Å²) in [5, 5.41) is 8.93. The number of carboxylic acid groups (broad SMARTS) is 1. The molecule has 2 aromatic rings. The maximum atomic E-state index is 10.9. The van der Waals surface area contributed by atoms with Crippen molar-refractivity contribution >= 4 is 5.97 Å². The van der Waals surface area contributed by atoms with E-state index in [1.165, 1.54) is 16.7 Å². The Kier molecular flexibility index (Phi) is 2.42. The highest BCUT2D eigenvalue weighted by molar-refractivity contribution is 5.79. The lowest BCUT2D eigenvalue weighted by molar-refractivity contribution is -0.138. The molecule has 0 fully saturated rings. The Morgan fingerprint density at radius 2 is 1.83 bits per heavy atom. The van der Waals surface area contributed by atoms with E-state index in [4.69, 9.17) is 10.8 Å². The molecule has 0 amide bonds. The van der Waals surface area contributed by atoms with Gasteiger partial charge < -0.3 is 10.8 Å². The van der Waals surface area contributed by atoms with Crippen molar-refractivity contribution in [3.63, 3.8) is 0 Å². The highest BCUT2D eigenvalue weighted by Crippen LogP contribution is 2.37. The maximum absolute atomic E-state index is 10.9. The third-order valence-electron chi connectivity index (χ3n) is 3.44. The molecule has 18 heavy (non-hydrogen) atoms. The lowest BCUT2D eigenvalue weighted by Gasteiger charge is -2.09. The molecule has 3 N–H and O–H groups in total. The van der Waals surface area contributed by atoms with E-state index >= 15 is 0 Å². The highest BCUT2D eigenvalue weighted by atomic mass is 16.4. The molecule has 1 unspecified atom stereocenters. The number of aliphatic carboxylic acids is 1. The summed E-state index contributed by atoms with van der Waals surface area (Å²) in [6.45, 7) is 0. The van der Waals surface area contributed by atoms with Gasteiger partial charge in [0.25, 0.3) is 0 Å². The molecule has 0 aromatic heterocycles. The first-order chi connectivity index (χ1) is 8.66. The molecule has 1 aliphatic rings. The minimum atomic E-state index is -0.995. The molecule has 3 nitrogen and oxygen atoms in total. The summed E-state index contributed by atoms with van der Waals surface area (Å²) in [6.07, 6.45) is 0.853. The maximum Gasteiger partial charge on any atom is 0.325 e. The average Bonchev–Trinajstić information content (AvgIpc) is 2.75. The number of hydrogen-bond donors (Lipinski definition) is 2. The summed E-state index contributed by atoms with van der Waals surface area (Å²) < 4.78 is 0. The minimum absolute atomic E-state index is 0.661. The van der Waals surface area contributed by atoms with E-state index in [1.54, 1.807) is 6.07 Å². The van der Waals surface area contributed by atoms with E-state index < -0.39 is 12.0 Å². The zero-order chi connectivity index (χ0) is 12.7. The van der Waals surface area contributed by atoms with Gasteiger partial charge in [0.1, 0.15) is 6.04 Å². The van der Waals surface area contributed by atoms with Gasteiger partial charge in [-0.1, -0.05) is 42.5 Å². The molecule has 3 heteroatoms. The molecule has 0 radical (unpaired) electrons. The molecule has 0 bridgehead atoms. The summed E-state index contributed by atoms with van der Waals surface area (Å²) in [6, 6.07) is 13.0. The number of nitrogens with two attached hydrogens (primary N) is 1. The molecular weight excluding hydrogens is 226 g/mol. The highest BCUT2D eigenvalue weighted by Gasteiger charge is 2.21. The normalized spacial score (nSPS) is 13.8. The van der Waals surface area contributed by atoms with E-state index in [9.17, 15) is 4.79 Å². The Hall–Kier alpha value is -2.13. The lowest BCUT2D eigenvalue weighted by atomic mass is 10.00. The molecule has 0 saturated carbocycles. The monoisotopic (exact) mass is 239 g/mol. The van der Waals surface area contributed by atoms with Gasteiger partial charge >= 0.3 is 5.97 Å². The van der Waals surface area contributed by atoms with Crippen LogP contribution in [-0.4, -0.2) is 11.1 Å². The molecule has 0 spiro atoms. The van der Waals surface area contributed by atoms with Crippen LogP contribution in [0, 0.1) is 0 Å². The van der Waals surface area contributed by atoms with Crippen LogP contribution in [0.15, 0.2) is 42.5 Å². The fourth-order valence-electron chi connectivity index (χ4n) is 2.50. The second-order valence-electron chi connectivity index (χ2n) is 4.57. The Bertz CT molecular complexity index is 634. The first kappa shape index (κ1) is 11.0. The van der Waals surface area contributed by atoms with Gasteiger partial charge in [-0.2, -0.15) is 0 Å². The van der Waals surface area contributed by atoms with Crippen molar-refractivity contribution in [2.24, 2.45) is 5.73 Å². The summed E-state index contributed by atoms with van der Waals surface area (Å²) in [7, 11) is 0. The van der Waals surface area contributed by atoms with Crippen LogP contribution in [0.1, 0.15) is 22.7 Å². The van der Waals surface area contributed by atoms with Crippen LogP contribution in [0.25, 0.3) is 11.1 Å². The van der Waals surface area contributed by atoms with Gasteiger partial charge in [0.2, 0.25) is 0 Å². The van der Waals surface area contributed by atoms with Gasteiger partial charge in [0.05, 0.1) is 0 Å².